The fourth-order valence-electron chi connectivity index (χ4n) is 2.19. The van der Waals surface area contributed by atoms with Crippen molar-refractivity contribution in [2.24, 2.45) is 5.41 Å². The normalized spacial score (nSPS) is 18.3. The molecule has 0 saturated carbocycles. The number of ether oxygens (including phenoxy) is 1. The highest BCUT2D eigenvalue weighted by Gasteiger charge is 2.28. The van der Waals surface area contributed by atoms with Gasteiger partial charge in [0.15, 0.2) is 5.82 Å². The lowest BCUT2D eigenvalue weighted by Crippen LogP contribution is -2.33. The largest absolute Gasteiger partial charge is 0.397 e. The summed E-state index contributed by atoms with van der Waals surface area (Å²) >= 11 is 5.80. The topological polar surface area (TPSA) is 73.3 Å². The van der Waals surface area contributed by atoms with Crippen molar-refractivity contribution >= 4 is 28.7 Å². The van der Waals surface area contributed by atoms with E-state index in [9.17, 15) is 4.39 Å². The first-order chi connectivity index (χ1) is 8.93. The van der Waals surface area contributed by atoms with Gasteiger partial charge in [-0.05, 0) is 24.3 Å². The van der Waals surface area contributed by atoms with Crippen LogP contribution in [0.1, 0.15) is 19.8 Å². The van der Waals surface area contributed by atoms with Crippen LogP contribution < -0.4 is 16.8 Å². The minimum absolute atomic E-state index is 0.0744. The van der Waals surface area contributed by atoms with Crippen molar-refractivity contribution in [1.29, 1.82) is 0 Å². The third-order valence-electron chi connectivity index (χ3n) is 3.66. The molecular formula is C13H19ClFN3O. The molecule has 106 valence electrons. The van der Waals surface area contributed by atoms with Gasteiger partial charge >= 0.3 is 0 Å². The van der Waals surface area contributed by atoms with Crippen LogP contribution in [0.3, 0.4) is 0 Å². The first-order valence-electron chi connectivity index (χ1n) is 6.27. The van der Waals surface area contributed by atoms with E-state index in [1.165, 1.54) is 6.07 Å². The first-order valence-corrected chi connectivity index (χ1v) is 6.65. The third-order valence-corrected chi connectivity index (χ3v) is 4.04. The highest BCUT2D eigenvalue weighted by Crippen LogP contribution is 2.36. The van der Waals surface area contributed by atoms with E-state index in [2.05, 4.69) is 12.2 Å². The van der Waals surface area contributed by atoms with Crippen LogP contribution in [0.4, 0.5) is 21.5 Å². The summed E-state index contributed by atoms with van der Waals surface area (Å²) in [7, 11) is 0. The van der Waals surface area contributed by atoms with Gasteiger partial charge in [0, 0.05) is 19.8 Å². The van der Waals surface area contributed by atoms with Gasteiger partial charge in [-0.1, -0.05) is 18.5 Å². The molecule has 1 fully saturated rings. The second-order valence-corrected chi connectivity index (χ2v) is 5.71. The molecule has 19 heavy (non-hydrogen) atoms. The van der Waals surface area contributed by atoms with Crippen molar-refractivity contribution < 1.29 is 9.13 Å². The molecule has 2 rings (SSSR count). The van der Waals surface area contributed by atoms with Crippen LogP contribution >= 0.6 is 11.6 Å². The van der Waals surface area contributed by atoms with Gasteiger partial charge in [-0.3, -0.25) is 0 Å². The summed E-state index contributed by atoms with van der Waals surface area (Å²) in [5, 5.41) is 2.97. The van der Waals surface area contributed by atoms with E-state index in [1.54, 1.807) is 0 Å². The second kappa shape index (κ2) is 5.43. The van der Waals surface area contributed by atoms with Crippen molar-refractivity contribution in [2.75, 3.05) is 36.5 Å². The highest BCUT2D eigenvalue weighted by atomic mass is 35.5. The molecule has 4 nitrogen and oxygen atoms in total. The van der Waals surface area contributed by atoms with Gasteiger partial charge in [0.05, 0.1) is 17.1 Å². The Morgan fingerprint density at radius 3 is 2.63 bits per heavy atom. The molecule has 1 aromatic rings. The maximum absolute atomic E-state index is 14.0. The number of nitrogens with two attached hydrogens (primary N) is 2. The van der Waals surface area contributed by atoms with Crippen LogP contribution in [0.5, 0.6) is 0 Å². The zero-order valence-corrected chi connectivity index (χ0v) is 11.7. The molecule has 0 amide bonds. The summed E-state index contributed by atoms with van der Waals surface area (Å²) in [6.07, 6.45) is 1.87. The Labute approximate surface area is 117 Å². The monoisotopic (exact) mass is 287 g/mol. The average molecular weight is 288 g/mol. The molecule has 0 atom stereocenters. The van der Waals surface area contributed by atoms with Crippen molar-refractivity contribution in [3.05, 3.63) is 16.9 Å². The number of nitrogens with one attached hydrogen (secondary N) is 1. The third kappa shape index (κ3) is 3.04. The Kier molecular flexibility index (Phi) is 4.06. The molecule has 5 N–H and O–H groups in total. The fraction of sp³-hybridized carbons (Fsp3) is 0.538. The Morgan fingerprint density at radius 2 is 2.00 bits per heavy atom. The van der Waals surface area contributed by atoms with Crippen LogP contribution in [0.25, 0.3) is 0 Å². The molecule has 0 spiro atoms. The molecule has 1 saturated heterocycles. The Morgan fingerprint density at radius 1 is 1.37 bits per heavy atom. The van der Waals surface area contributed by atoms with E-state index in [0.717, 1.165) is 26.1 Å². The summed E-state index contributed by atoms with van der Waals surface area (Å²) < 4.78 is 19.4. The van der Waals surface area contributed by atoms with E-state index in [4.69, 9.17) is 27.8 Å². The number of hydrogen-bond acceptors (Lipinski definition) is 4. The van der Waals surface area contributed by atoms with Gasteiger partial charge in [-0.25, -0.2) is 4.39 Å². The predicted octanol–water partition coefficient (Wildman–Crippen LogP) is 2.87. The summed E-state index contributed by atoms with van der Waals surface area (Å²) in [5.74, 6) is -0.588. The Bertz CT molecular complexity index is 475. The number of hydrogen-bond donors (Lipinski definition) is 3. The average Bonchev–Trinajstić information content (AvgIpc) is 2.37. The second-order valence-electron chi connectivity index (χ2n) is 5.33. The number of anilines is 3. The van der Waals surface area contributed by atoms with Crippen molar-refractivity contribution in [3.8, 4) is 0 Å². The standard InChI is InChI=1S/C13H19ClFN3O/c1-13(2-4-19-5-3-13)7-18-12-9(17)6-8(16)10(14)11(12)15/h6,18H,2-5,7,16-17H2,1H3. The molecule has 0 aromatic heterocycles. The lowest BCUT2D eigenvalue weighted by molar-refractivity contribution is 0.0300. The molecule has 1 aliphatic rings. The molecule has 0 unspecified atom stereocenters. The molecule has 1 aromatic carbocycles. The Balaban J connectivity index is 2.13. The number of nitrogen functional groups attached to an aromatic ring is 2. The van der Waals surface area contributed by atoms with E-state index < -0.39 is 5.82 Å². The number of benzene rings is 1. The smallest absolute Gasteiger partial charge is 0.169 e. The maximum Gasteiger partial charge on any atom is 0.169 e. The zero-order chi connectivity index (χ0) is 14.0. The quantitative estimate of drug-likeness (QED) is 0.748. The highest BCUT2D eigenvalue weighted by molar-refractivity contribution is 6.33. The SMILES string of the molecule is CC1(CNc2c(N)cc(N)c(Cl)c2F)CCOCC1. The minimum Gasteiger partial charge on any atom is -0.397 e. The van der Waals surface area contributed by atoms with E-state index in [-0.39, 0.29) is 27.5 Å². The van der Waals surface area contributed by atoms with Crippen molar-refractivity contribution in [2.45, 2.75) is 19.8 Å². The lowest BCUT2D eigenvalue weighted by atomic mass is 9.82. The summed E-state index contributed by atoms with van der Waals surface area (Å²) in [6.45, 7) is 4.24. The van der Waals surface area contributed by atoms with E-state index >= 15 is 0 Å². The molecule has 0 bridgehead atoms. The van der Waals surface area contributed by atoms with Gasteiger partial charge in [0.25, 0.3) is 0 Å². The molecule has 1 heterocycles. The van der Waals surface area contributed by atoms with Gasteiger partial charge in [-0.15, -0.1) is 0 Å². The lowest BCUT2D eigenvalue weighted by Gasteiger charge is -2.34. The summed E-state index contributed by atoms with van der Waals surface area (Å²) in [5.41, 5.74) is 12.1. The van der Waals surface area contributed by atoms with Crippen LogP contribution in [0, 0.1) is 11.2 Å². The molecular weight excluding hydrogens is 269 g/mol. The minimum atomic E-state index is -0.588. The number of halogens is 2. The van der Waals surface area contributed by atoms with Gasteiger partial charge < -0.3 is 21.5 Å². The molecule has 0 radical (unpaired) electrons. The van der Waals surface area contributed by atoms with Crippen molar-refractivity contribution in [1.82, 2.24) is 0 Å². The first kappa shape index (κ1) is 14.2. The van der Waals surface area contributed by atoms with Crippen LogP contribution in [0.15, 0.2) is 6.07 Å². The summed E-state index contributed by atoms with van der Waals surface area (Å²) in [6, 6.07) is 1.47. The van der Waals surface area contributed by atoms with Gasteiger partial charge in [0.1, 0.15) is 5.02 Å². The van der Waals surface area contributed by atoms with Gasteiger partial charge in [-0.2, -0.15) is 0 Å². The summed E-state index contributed by atoms with van der Waals surface area (Å²) in [4.78, 5) is 0. The van der Waals surface area contributed by atoms with Crippen LogP contribution in [0.2, 0.25) is 5.02 Å². The van der Waals surface area contributed by atoms with E-state index in [1.807, 2.05) is 0 Å². The van der Waals surface area contributed by atoms with Crippen LogP contribution in [-0.4, -0.2) is 19.8 Å². The van der Waals surface area contributed by atoms with E-state index in [0.29, 0.717) is 6.54 Å². The molecule has 0 aliphatic carbocycles. The number of rotatable bonds is 3. The fourth-order valence-corrected chi connectivity index (χ4v) is 2.34. The Hall–Kier alpha value is -1.20. The maximum atomic E-state index is 14.0. The van der Waals surface area contributed by atoms with Crippen molar-refractivity contribution in [3.63, 3.8) is 0 Å². The molecule has 1 aliphatic heterocycles. The van der Waals surface area contributed by atoms with Gasteiger partial charge in [0.2, 0.25) is 0 Å². The molecule has 6 heteroatoms. The van der Waals surface area contributed by atoms with Crippen LogP contribution in [-0.2, 0) is 4.74 Å². The zero-order valence-electron chi connectivity index (χ0n) is 10.9. The predicted molar refractivity (Wildman–Crippen MR) is 76.9 cm³/mol.